The Morgan fingerprint density at radius 2 is 1.88 bits per heavy atom. The van der Waals surface area contributed by atoms with Crippen molar-refractivity contribution in [2.75, 3.05) is 7.11 Å². The molecule has 0 spiro atoms. The van der Waals surface area contributed by atoms with Gasteiger partial charge < -0.3 is 4.74 Å². The molecule has 0 saturated heterocycles. The molecule has 4 nitrogen and oxygen atoms in total. The quantitative estimate of drug-likeness (QED) is 0.458. The summed E-state index contributed by atoms with van der Waals surface area (Å²) in [6.07, 6.45) is 0. The minimum Gasteiger partial charge on any atom is -0.468 e. The monoisotopic (exact) mass is 304 g/mol. The van der Waals surface area contributed by atoms with E-state index in [-0.39, 0.29) is 4.90 Å². The van der Waals surface area contributed by atoms with Crippen molar-refractivity contribution in [3.8, 4) is 0 Å². The van der Waals surface area contributed by atoms with Crippen molar-refractivity contribution in [2.45, 2.75) is 8.45 Å². The summed E-state index contributed by atoms with van der Waals surface area (Å²) >= 11 is 2.90. The molecule has 0 aliphatic carbocycles. The second-order valence-corrected chi connectivity index (χ2v) is 7.63. The predicted molar refractivity (Wildman–Crippen MR) is 65.8 cm³/mol. The van der Waals surface area contributed by atoms with E-state index in [4.69, 9.17) is 0 Å². The number of alkyl halides is 1. The minimum atomic E-state index is -3.81. The number of ether oxygens (including phenoxy) is 1. The molecule has 16 heavy (non-hydrogen) atoms. The lowest BCUT2D eigenvalue weighted by Gasteiger charge is -2.20. The first kappa shape index (κ1) is 13.3. The van der Waals surface area contributed by atoms with Gasteiger partial charge in [0.1, 0.15) is 0 Å². The molecule has 0 aliphatic heterocycles. The highest BCUT2D eigenvalue weighted by atomic mass is 79.9. The molecule has 0 N–H and O–H groups in total. The van der Waals surface area contributed by atoms with Crippen LogP contribution in [0.5, 0.6) is 0 Å². The van der Waals surface area contributed by atoms with Crippen molar-refractivity contribution in [1.29, 1.82) is 0 Å². The SMILES string of the molecule is BC(Br)(C(=O)OC)S(=O)(=O)c1ccccc1. The number of hydrogen-bond donors (Lipinski definition) is 0. The molecule has 1 unspecified atom stereocenters. The zero-order chi connectivity index (χ0) is 12.4. The van der Waals surface area contributed by atoms with Gasteiger partial charge in [0.15, 0.2) is 21.2 Å². The molecule has 0 radical (unpaired) electrons. The van der Waals surface area contributed by atoms with Gasteiger partial charge in [0.25, 0.3) is 0 Å². The van der Waals surface area contributed by atoms with Crippen LogP contribution < -0.4 is 0 Å². The Kier molecular flexibility index (Phi) is 3.80. The van der Waals surface area contributed by atoms with Gasteiger partial charge in [-0.1, -0.05) is 34.1 Å². The molecular formula is C9H10BBrO4S. The maximum Gasteiger partial charge on any atom is 0.329 e. The van der Waals surface area contributed by atoms with Gasteiger partial charge in [-0.15, -0.1) is 0 Å². The third-order valence-corrected chi connectivity index (χ3v) is 5.78. The van der Waals surface area contributed by atoms with Crippen LogP contribution in [0.2, 0.25) is 0 Å². The van der Waals surface area contributed by atoms with E-state index >= 15 is 0 Å². The summed E-state index contributed by atoms with van der Waals surface area (Å²) in [5, 5.41) is 0. The second kappa shape index (κ2) is 4.59. The molecule has 0 bridgehead atoms. The molecule has 1 aromatic rings. The summed E-state index contributed by atoms with van der Waals surface area (Å²) in [7, 11) is -1.42. The lowest BCUT2D eigenvalue weighted by atomic mass is 10.0. The van der Waals surface area contributed by atoms with Crippen LogP contribution in [-0.4, -0.2) is 32.9 Å². The van der Waals surface area contributed by atoms with Crippen molar-refractivity contribution >= 4 is 39.6 Å². The molecule has 0 amide bonds. The smallest absolute Gasteiger partial charge is 0.329 e. The molecule has 0 fully saturated rings. The Balaban J connectivity index is 3.28. The summed E-state index contributed by atoms with van der Waals surface area (Å²) in [5.41, 5.74) is 0. The highest BCUT2D eigenvalue weighted by Crippen LogP contribution is 2.29. The maximum atomic E-state index is 12.1. The Hall–Kier alpha value is -0.815. The molecule has 1 rings (SSSR count). The van der Waals surface area contributed by atoms with E-state index in [2.05, 4.69) is 20.7 Å². The normalized spacial score (nSPS) is 15.1. The van der Waals surface area contributed by atoms with Gasteiger partial charge >= 0.3 is 5.97 Å². The number of carbonyl (C=O) groups excluding carboxylic acids is 1. The number of benzene rings is 1. The van der Waals surface area contributed by atoms with Gasteiger partial charge in [-0.25, -0.2) is 8.42 Å². The average Bonchev–Trinajstić information content (AvgIpc) is 2.28. The summed E-state index contributed by atoms with van der Waals surface area (Å²) in [6.45, 7) is 0. The van der Waals surface area contributed by atoms with Gasteiger partial charge in [-0.3, -0.25) is 4.79 Å². The van der Waals surface area contributed by atoms with E-state index in [0.717, 1.165) is 7.11 Å². The predicted octanol–water partition coefficient (Wildman–Crippen LogP) is 0.315. The number of hydrogen-bond acceptors (Lipinski definition) is 4. The largest absolute Gasteiger partial charge is 0.468 e. The van der Waals surface area contributed by atoms with E-state index in [1.807, 2.05) is 0 Å². The lowest BCUT2D eigenvalue weighted by Crippen LogP contribution is -2.42. The maximum absolute atomic E-state index is 12.1. The van der Waals surface area contributed by atoms with Crippen LogP contribution in [0.4, 0.5) is 0 Å². The van der Waals surface area contributed by atoms with Gasteiger partial charge in [0.2, 0.25) is 0 Å². The van der Waals surface area contributed by atoms with Gasteiger partial charge in [0.05, 0.1) is 12.0 Å². The Labute approximate surface area is 103 Å². The van der Waals surface area contributed by atoms with Crippen LogP contribution in [-0.2, 0) is 19.4 Å². The van der Waals surface area contributed by atoms with Crippen LogP contribution in [0, 0.1) is 0 Å². The highest BCUT2D eigenvalue weighted by molar-refractivity contribution is 9.12. The van der Waals surface area contributed by atoms with Gasteiger partial charge in [-0.2, -0.15) is 0 Å². The summed E-state index contributed by atoms with van der Waals surface area (Å²) < 4.78 is 26.9. The van der Waals surface area contributed by atoms with Crippen LogP contribution in [0.15, 0.2) is 35.2 Å². The Morgan fingerprint density at radius 3 is 2.31 bits per heavy atom. The van der Waals surface area contributed by atoms with Crippen molar-refractivity contribution in [2.24, 2.45) is 0 Å². The molecule has 0 saturated carbocycles. The highest BCUT2D eigenvalue weighted by Gasteiger charge is 2.45. The van der Waals surface area contributed by atoms with Crippen molar-refractivity contribution in [1.82, 2.24) is 0 Å². The Morgan fingerprint density at radius 1 is 1.38 bits per heavy atom. The standard InChI is InChI=1S/C9H10BBrO4S/c1-15-8(12)9(10,11)16(13,14)7-5-3-2-4-6-7/h2-6H,10H2,1H3. The van der Waals surface area contributed by atoms with E-state index in [9.17, 15) is 13.2 Å². The molecule has 1 aromatic carbocycles. The molecule has 7 heteroatoms. The number of rotatable bonds is 3. The van der Waals surface area contributed by atoms with Crippen molar-refractivity contribution in [3.63, 3.8) is 0 Å². The van der Waals surface area contributed by atoms with Crippen LogP contribution >= 0.6 is 15.9 Å². The summed E-state index contributed by atoms with van der Waals surface area (Å²) in [4.78, 5) is 11.5. The fourth-order valence-corrected chi connectivity index (χ4v) is 3.10. The number of sulfone groups is 1. The van der Waals surface area contributed by atoms with E-state index in [0.29, 0.717) is 0 Å². The average molecular weight is 305 g/mol. The third-order valence-electron chi connectivity index (χ3n) is 2.11. The van der Waals surface area contributed by atoms with Crippen molar-refractivity contribution < 1.29 is 17.9 Å². The number of esters is 1. The summed E-state index contributed by atoms with van der Waals surface area (Å²) in [6, 6.07) is 7.73. The Bertz CT molecular complexity index is 483. The van der Waals surface area contributed by atoms with Crippen LogP contribution in [0.3, 0.4) is 0 Å². The first-order valence-corrected chi connectivity index (χ1v) is 6.68. The first-order valence-electron chi connectivity index (χ1n) is 4.41. The minimum absolute atomic E-state index is 0.0692. The van der Waals surface area contributed by atoms with E-state index in [1.54, 1.807) is 18.2 Å². The zero-order valence-corrected chi connectivity index (χ0v) is 11.2. The van der Waals surface area contributed by atoms with E-state index in [1.165, 1.54) is 20.0 Å². The molecule has 0 aromatic heterocycles. The fraction of sp³-hybridized carbons (Fsp3) is 0.222. The molecule has 0 aliphatic rings. The van der Waals surface area contributed by atoms with E-state index < -0.39 is 19.4 Å². The lowest BCUT2D eigenvalue weighted by molar-refractivity contribution is -0.139. The number of methoxy groups -OCH3 is 1. The molecule has 1 atom stereocenters. The molecular weight excluding hydrogens is 295 g/mol. The molecule has 86 valence electrons. The van der Waals surface area contributed by atoms with Crippen LogP contribution in [0.25, 0.3) is 0 Å². The first-order chi connectivity index (χ1) is 7.34. The zero-order valence-electron chi connectivity index (χ0n) is 8.81. The van der Waals surface area contributed by atoms with Gasteiger partial charge in [0, 0.05) is 0 Å². The number of carbonyl (C=O) groups is 1. The number of halogens is 1. The topological polar surface area (TPSA) is 60.4 Å². The third kappa shape index (κ3) is 2.15. The fourth-order valence-electron chi connectivity index (χ4n) is 1.11. The van der Waals surface area contributed by atoms with Crippen molar-refractivity contribution in [3.05, 3.63) is 30.3 Å². The van der Waals surface area contributed by atoms with Crippen LogP contribution in [0.1, 0.15) is 0 Å². The van der Waals surface area contributed by atoms with Gasteiger partial charge in [-0.05, 0) is 12.1 Å². The summed E-state index contributed by atoms with van der Waals surface area (Å²) in [5.74, 6) is -0.851. The molecule has 0 heterocycles. The second-order valence-electron chi connectivity index (χ2n) is 3.22.